The molecule has 8 heteroatoms. The molecule has 0 saturated carbocycles. The lowest BCUT2D eigenvalue weighted by Gasteiger charge is -2.05. The van der Waals surface area contributed by atoms with Crippen LogP contribution in [0.25, 0.3) is 0 Å². The first-order chi connectivity index (χ1) is 8.56. The lowest BCUT2D eigenvalue weighted by Crippen LogP contribution is -1.99. The predicted octanol–water partition coefficient (Wildman–Crippen LogP) is 2.92. The van der Waals surface area contributed by atoms with E-state index < -0.39 is 10.7 Å². The van der Waals surface area contributed by atoms with Gasteiger partial charge in [0, 0.05) is 17.8 Å². The minimum absolute atomic E-state index is 0.0539. The topological polar surface area (TPSA) is 81.0 Å². The highest BCUT2D eigenvalue weighted by Crippen LogP contribution is 2.21. The summed E-state index contributed by atoms with van der Waals surface area (Å²) in [6, 6.07) is 5.47. The van der Waals surface area contributed by atoms with E-state index in [0.29, 0.717) is 5.69 Å². The predicted molar refractivity (Wildman–Crippen MR) is 63.4 cm³/mol. The molecule has 0 atom stereocenters. The molecule has 0 saturated heterocycles. The standard InChI is InChI=1S/C10H6ClFN4O2/c11-10-13-5-8(12)9(15-10)14-6-1-3-7(4-2-6)16(17)18/h1-5H,(H,13,14,15). The van der Waals surface area contributed by atoms with E-state index in [1.54, 1.807) is 0 Å². The molecule has 0 aliphatic carbocycles. The van der Waals surface area contributed by atoms with Crippen LogP contribution in [-0.4, -0.2) is 14.9 Å². The number of hydrogen-bond acceptors (Lipinski definition) is 5. The largest absolute Gasteiger partial charge is 0.338 e. The Morgan fingerprint density at radius 1 is 1.33 bits per heavy atom. The summed E-state index contributed by atoms with van der Waals surface area (Å²) in [6.45, 7) is 0. The molecule has 0 spiro atoms. The molecular weight excluding hydrogens is 263 g/mol. The molecule has 0 fully saturated rings. The molecule has 1 heterocycles. The number of nitrogens with zero attached hydrogens (tertiary/aromatic N) is 3. The molecule has 0 unspecified atom stereocenters. The number of rotatable bonds is 3. The zero-order chi connectivity index (χ0) is 13.1. The molecule has 2 aromatic rings. The molecule has 0 amide bonds. The van der Waals surface area contributed by atoms with Crippen molar-refractivity contribution < 1.29 is 9.31 Å². The van der Waals surface area contributed by atoms with Crippen LogP contribution in [0.4, 0.5) is 21.6 Å². The third-order valence-corrected chi connectivity index (χ3v) is 2.24. The molecule has 92 valence electrons. The number of hydrogen-bond donors (Lipinski definition) is 1. The summed E-state index contributed by atoms with van der Waals surface area (Å²) in [7, 11) is 0. The average Bonchev–Trinajstić information content (AvgIpc) is 2.34. The molecular formula is C10H6ClFN4O2. The summed E-state index contributed by atoms with van der Waals surface area (Å²) < 4.78 is 13.3. The van der Waals surface area contributed by atoms with Crippen molar-refractivity contribution in [2.75, 3.05) is 5.32 Å². The number of nitro groups is 1. The van der Waals surface area contributed by atoms with E-state index in [1.165, 1.54) is 24.3 Å². The van der Waals surface area contributed by atoms with Gasteiger partial charge in [0.05, 0.1) is 11.1 Å². The van der Waals surface area contributed by atoms with Gasteiger partial charge in [-0.1, -0.05) is 0 Å². The number of nitrogens with one attached hydrogen (secondary N) is 1. The van der Waals surface area contributed by atoms with Crippen LogP contribution in [0, 0.1) is 15.9 Å². The zero-order valence-corrected chi connectivity index (χ0v) is 9.56. The highest BCUT2D eigenvalue weighted by Gasteiger charge is 2.08. The van der Waals surface area contributed by atoms with Gasteiger partial charge >= 0.3 is 0 Å². The Morgan fingerprint density at radius 3 is 2.61 bits per heavy atom. The Labute approximate surface area is 106 Å². The number of nitro benzene ring substituents is 1. The van der Waals surface area contributed by atoms with Crippen LogP contribution in [0.1, 0.15) is 0 Å². The molecule has 1 aromatic heterocycles. The van der Waals surface area contributed by atoms with Crippen LogP contribution in [0.5, 0.6) is 0 Å². The lowest BCUT2D eigenvalue weighted by atomic mass is 10.3. The van der Waals surface area contributed by atoms with E-state index in [9.17, 15) is 14.5 Å². The first-order valence-electron chi connectivity index (χ1n) is 4.76. The fourth-order valence-electron chi connectivity index (χ4n) is 1.24. The molecule has 1 N–H and O–H groups in total. The van der Waals surface area contributed by atoms with Gasteiger partial charge in [0.2, 0.25) is 5.28 Å². The van der Waals surface area contributed by atoms with Gasteiger partial charge in [-0.3, -0.25) is 10.1 Å². The van der Waals surface area contributed by atoms with Gasteiger partial charge in [0.25, 0.3) is 5.69 Å². The maximum Gasteiger partial charge on any atom is 0.269 e. The summed E-state index contributed by atoms with van der Waals surface area (Å²) in [5, 5.41) is 13.0. The maximum absolute atomic E-state index is 13.3. The van der Waals surface area contributed by atoms with Crippen molar-refractivity contribution in [1.82, 2.24) is 9.97 Å². The number of non-ortho nitro benzene ring substituents is 1. The van der Waals surface area contributed by atoms with Gasteiger partial charge < -0.3 is 5.32 Å². The summed E-state index contributed by atoms with van der Waals surface area (Å²) in [4.78, 5) is 17.1. The fraction of sp³-hybridized carbons (Fsp3) is 0. The highest BCUT2D eigenvalue weighted by molar-refractivity contribution is 6.28. The third kappa shape index (κ3) is 2.69. The normalized spacial score (nSPS) is 10.1. The van der Waals surface area contributed by atoms with Crippen LogP contribution < -0.4 is 5.32 Å². The van der Waals surface area contributed by atoms with Crippen LogP contribution >= 0.6 is 11.6 Å². The SMILES string of the molecule is O=[N+]([O-])c1ccc(Nc2nc(Cl)ncc2F)cc1. The van der Waals surface area contributed by atoms with Gasteiger partial charge in [-0.05, 0) is 23.7 Å². The Kier molecular flexibility index (Phi) is 3.33. The lowest BCUT2D eigenvalue weighted by molar-refractivity contribution is -0.384. The van der Waals surface area contributed by atoms with Crippen molar-refractivity contribution in [2.24, 2.45) is 0 Å². The van der Waals surface area contributed by atoms with E-state index in [-0.39, 0.29) is 16.8 Å². The number of aromatic nitrogens is 2. The molecule has 2 rings (SSSR count). The third-order valence-electron chi connectivity index (χ3n) is 2.06. The van der Waals surface area contributed by atoms with Crippen molar-refractivity contribution in [2.45, 2.75) is 0 Å². The summed E-state index contributed by atoms with van der Waals surface area (Å²) in [5.41, 5.74) is 0.399. The second-order valence-electron chi connectivity index (χ2n) is 3.26. The van der Waals surface area contributed by atoms with Gasteiger partial charge in [-0.2, -0.15) is 4.98 Å². The van der Waals surface area contributed by atoms with Crippen molar-refractivity contribution in [3.05, 3.63) is 51.7 Å². The summed E-state index contributed by atoms with van der Waals surface area (Å²) in [6.07, 6.45) is 0.934. The number of halogens is 2. The zero-order valence-electron chi connectivity index (χ0n) is 8.80. The van der Waals surface area contributed by atoms with Gasteiger partial charge in [0.1, 0.15) is 0 Å². The van der Waals surface area contributed by atoms with Gasteiger partial charge in [-0.15, -0.1) is 0 Å². The average molecular weight is 269 g/mol. The quantitative estimate of drug-likeness (QED) is 0.526. The first-order valence-corrected chi connectivity index (χ1v) is 5.13. The van der Waals surface area contributed by atoms with E-state index in [2.05, 4.69) is 15.3 Å². The van der Waals surface area contributed by atoms with Gasteiger partial charge in [-0.25, -0.2) is 9.37 Å². The molecule has 0 radical (unpaired) electrons. The smallest absolute Gasteiger partial charge is 0.269 e. The van der Waals surface area contributed by atoms with Crippen molar-refractivity contribution in [3.8, 4) is 0 Å². The monoisotopic (exact) mass is 268 g/mol. The van der Waals surface area contributed by atoms with Crippen LogP contribution in [0.2, 0.25) is 5.28 Å². The molecule has 6 nitrogen and oxygen atoms in total. The van der Waals surface area contributed by atoms with Crippen LogP contribution in [0.15, 0.2) is 30.5 Å². The molecule has 0 aliphatic heterocycles. The second-order valence-corrected chi connectivity index (χ2v) is 3.60. The minimum atomic E-state index is -0.669. The maximum atomic E-state index is 13.3. The molecule has 1 aromatic carbocycles. The fourth-order valence-corrected chi connectivity index (χ4v) is 1.37. The minimum Gasteiger partial charge on any atom is -0.338 e. The molecule has 18 heavy (non-hydrogen) atoms. The number of benzene rings is 1. The van der Waals surface area contributed by atoms with Crippen molar-refractivity contribution in [1.29, 1.82) is 0 Å². The Hall–Kier alpha value is -2.28. The van der Waals surface area contributed by atoms with Crippen molar-refractivity contribution in [3.63, 3.8) is 0 Å². The van der Waals surface area contributed by atoms with Crippen LogP contribution in [-0.2, 0) is 0 Å². The van der Waals surface area contributed by atoms with Gasteiger partial charge in [0.15, 0.2) is 11.6 Å². The summed E-state index contributed by atoms with van der Waals surface area (Å²) >= 11 is 5.53. The van der Waals surface area contributed by atoms with Crippen LogP contribution in [0.3, 0.4) is 0 Å². The van der Waals surface area contributed by atoms with E-state index in [4.69, 9.17) is 11.6 Å². The highest BCUT2D eigenvalue weighted by atomic mass is 35.5. The van der Waals surface area contributed by atoms with E-state index in [0.717, 1.165) is 6.20 Å². The second kappa shape index (κ2) is 4.92. The van der Waals surface area contributed by atoms with Crippen molar-refractivity contribution >= 4 is 28.8 Å². The Morgan fingerprint density at radius 2 is 2.00 bits per heavy atom. The van der Waals surface area contributed by atoms with E-state index >= 15 is 0 Å². The Balaban J connectivity index is 2.23. The Bertz CT molecular complexity index is 591. The molecule has 0 bridgehead atoms. The molecule has 0 aliphatic rings. The first kappa shape index (κ1) is 12.2. The van der Waals surface area contributed by atoms with E-state index in [1.807, 2.05) is 0 Å². The summed E-state index contributed by atoms with van der Waals surface area (Å²) in [5.74, 6) is -0.762. The number of anilines is 2.